The fourth-order valence-electron chi connectivity index (χ4n) is 7.33. The highest BCUT2D eigenvalue weighted by Crippen LogP contribution is 2.58. The van der Waals surface area contributed by atoms with E-state index in [4.69, 9.17) is 9.47 Å². The molecule has 2 aliphatic rings. The second kappa shape index (κ2) is 10.2. The molecule has 0 fully saturated rings. The summed E-state index contributed by atoms with van der Waals surface area (Å²) in [5, 5.41) is 0. The highest BCUT2D eigenvalue weighted by atomic mass is 16.5. The molecule has 0 heterocycles. The molecule has 0 saturated heterocycles. The predicted molar refractivity (Wildman–Crippen MR) is 157 cm³/mol. The van der Waals surface area contributed by atoms with Crippen molar-refractivity contribution in [2.45, 2.75) is 56.5 Å². The van der Waals surface area contributed by atoms with Gasteiger partial charge in [-0.15, -0.1) is 0 Å². The first-order valence-electron chi connectivity index (χ1n) is 14.1. The maximum atomic E-state index is 6.21. The van der Waals surface area contributed by atoms with Crippen LogP contribution in [0, 0.1) is 0 Å². The van der Waals surface area contributed by atoms with E-state index in [1.165, 1.54) is 44.5 Å². The topological polar surface area (TPSA) is 18.5 Å². The molecule has 2 heteroatoms. The smallest absolute Gasteiger partial charge is 0.0518 e. The Bertz CT molecular complexity index is 1340. The van der Waals surface area contributed by atoms with Crippen LogP contribution in [0.15, 0.2) is 97.1 Å². The molecule has 38 heavy (non-hydrogen) atoms. The van der Waals surface area contributed by atoms with Gasteiger partial charge >= 0.3 is 0 Å². The molecule has 0 bridgehead atoms. The normalized spacial score (nSPS) is 15.7. The Kier molecular flexibility index (Phi) is 6.72. The van der Waals surface area contributed by atoms with Gasteiger partial charge in [-0.05, 0) is 84.0 Å². The van der Waals surface area contributed by atoms with Crippen LogP contribution < -0.4 is 0 Å². The van der Waals surface area contributed by atoms with Gasteiger partial charge in [0.25, 0.3) is 0 Å². The zero-order chi connectivity index (χ0) is 26.2. The Hall–Kier alpha value is -3.20. The van der Waals surface area contributed by atoms with Crippen LogP contribution in [0.1, 0.15) is 61.8 Å². The molecule has 2 nitrogen and oxygen atoms in total. The second-order valence-electron chi connectivity index (χ2n) is 11.3. The van der Waals surface area contributed by atoms with Gasteiger partial charge in [-0.2, -0.15) is 0 Å². The Morgan fingerprint density at radius 1 is 0.500 bits per heavy atom. The van der Waals surface area contributed by atoms with Gasteiger partial charge < -0.3 is 9.47 Å². The molecule has 4 aromatic carbocycles. The molecule has 0 saturated carbocycles. The summed E-state index contributed by atoms with van der Waals surface area (Å²) in [5.74, 6) is 0. The minimum absolute atomic E-state index is 0.0818. The van der Waals surface area contributed by atoms with Crippen molar-refractivity contribution in [1.29, 1.82) is 0 Å². The van der Waals surface area contributed by atoms with E-state index < -0.39 is 0 Å². The van der Waals surface area contributed by atoms with E-state index in [1.54, 1.807) is 0 Å². The molecular formula is C36H38O2. The molecule has 2 aliphatic carbocycles. The SMILES string of the molecule is COCCC1(CCC2(CCOC(C)C)c3ccccc3-c3ccccc32)c2ccccc2-c2ccccc21. The summed E-state index contributed by atoms with van der Waals surface area (Å²) in [6.45, 7) is 5.75. The van der Waals surface area contributed by atoms with Crippen LogP contribution in [0.25, 0.3) is 22.3 Å². The number of rotatable bonds is 10. The van der Waals surface area contributed by atoms with Crippen molar-refractivity contribution in [3.63, 3.8) is 0 Å². The maximum absolute atomic E-state index is 6.21. The number of ether oxygens (including phenoxy) is 2. The average Bonchev–Trinajstić information content (AvgIpc) is 3.39. The van der Waals surface area contributed by atoms with Crippen molar-refractivity contribution in [2.24, 2.45) is 0 Å². The van der Waals surface area contributed by atoms with Crippen LogP contribution in [0.2, 0.25) is 0 Å². The third-order valence-electron chi connectivity index (χ3n) is 9.04. The highest BCUT2D eigenvalue weighted by Gasteiger charge is 2.48. The van der Waals surface area contributed by atoms with E-state index in [2.05, 4.69) is 111 Å². The van der Waals surface area contributed by atoms with Gasteiger partial charge in [-0.25, -0.2) is 0 Å². The van der Waals surface area contributed by atoms with Gasteiger partial charge in [0, 0.05) is 31.2 Å². The Labute approximate surface area is 227 Å². The summed E-state index contributed by atoms with van der Waals surface area (Å²) >= 11 is 0. The van der Waals surface area contributed by atoms with Crippen molar-refractivity contribution >= 4 is 0 Å². The minimum Gasteiger partial charge on any atom is -0.385 e. The molecule has 0 aliphatic heterocycles. The lowest BCUT2D eigenvalue weighted by molar-refractivity contribution is 0.0660. The fraction of sp³-hybridized carbons (Fsp3) is 0.333. The summed E-state index contributed by atoms with van der Waals surface area (Å²) in [6.07, 6.45) is 4.27. The van der Waals surface area contributed by atoms with Gasteiger partial charge in [0.05, 0.1) is 6.10 Å². The first-order valence-corrected chi connectivity index (χ1v) is 14.1. The van der Waals surface area contributed by atoms with Crippen LogP contribution in [-0.4, -0.2) is 26.4 Å². The Morgan fingerprint density at radius 3 is 1.18 bits per heavy atom. The van der Waals surface area contributed by atoms with Crippen molar-refractivity contribution in [3.8, 4) is 22.3 Å². The predicted octanol–water partition coefficient (Wildman–Crippen LogP) is 8.55. The van der Waals surface area contributed by atoms with Crippen LogP contribution in [0.4, 0.5) is 0 Å². The summed E-state index contributed by atoms with van der Waals surface area (Å²) in [6, 6.07) is 36.2. The molecule has 0 spiro atoms. The van der Waals surface area contributed by atoms with E-state index >= 15 is 0 Å². The fourth-order valence-corrected chi connectivity index (χ4v) is 7.33. The largest absolute Gasteiger partial charge is 0.385 e. The zero-order valence-corrected chi connectivity index (χ0v) is 22.9. The molecule has 0 radical (unpaired) electrons. The van der Waals surface area contributed by atoms with Gasteiger partial charge in [0.2, 0.25) is 0 Å². The quantitative estimate of drug-likeness (QED) is 0.216. The molecule has 0 N–H and O–H groups in total. The van der Waals surface area contributed by atoms with E-state index in [0.29, 0.717) is 0 Å². The van der Waals surface area contributed by atoms with Crippen molar-refractivity contribution in [2.75, 3.05) is 20.3 Å². The lowest BCUT2D eigenvalue weighted by Crippen LogP contribution is -2.34. The summed E-state index contributed by atoms with van der Waals surface area (Å²) in [7, 11) is 1.83. The highest BCUT2D eigenvalue weighted by molar-refractivity contribution is 5.82. The summed E-state index contributed by atoms with van der Waals surface area (Å²) in [4.78, 5) is 0. The van der Waals surface area contributed by atoms with Gasteiger partial charge in [-0.1, -0.05) is 97.1 Å². The van der Waals surface area contributed by atoms with Gasteiger partial charge in [0.1, 0.15) is 0 Å². The molecule has 6 rings (SSSR count). The number of hydrogen-bond donors (Lipinski definition) is 0. The Morgan fingerprint density at radius 2 is 0.842 bits per heavy atom. The lowest BCUT2D eigenvalue weighted by atomic mass is 9.65. The molecular weight excluding hydrogens is 464 g/mol. The number of methoxy groups -OCH3 is 1. The van der Waals surface area contributed by atoms with Gasteiger partial charge in [-0.3, -0.25) is 0 Å². The number of fused-ring (bicyclic) bond motifs is 6. The number of benzene rings is 4. The molecule has 194 valence electrons. The second-order valence-corrected chi connectivity index (χ2v) is 11.3. The first kappa shape index (κ1) is 25.1. The van der Waals surface area contributed by atoms with E-state index in [-0.39, 0.29) is 16.9 Å². The molecule has 4 aromatic rings. The van der Waals surface area contributed by atoms with Crippen molar-refractivity contribution in [1.82, 2.24) is 0 Å². The van der Waals surface area contributed by atoms with E-state index in [9.17, 15) is 0 Å². The molecule has 0 atom stereocenters. The molecule has 0 amide bonds. The summed E-state index contributed by atoms with van der Waals surface area (Å²) < 4.78 is 12.0. The monoisotopic (exact) mass is 502 g/mol. The van der Waals surface area contributed by atoms with E-state index in [0.717, 1.165) is 38.9 Å². The minimum atomic E-state index is -0.0887. The zero-order valence-electron chi connectivity index (χ0n) is 22.9. The number of hydrogen-bond acceptors (Lipinski definition) is 2. The average molecular weight is 503 g/mol. The molecule has 0 unspecified atom stereocenters. The lowest BCUT2D eigenvalue weighted by Gasteiger charge is -2.39. The third-order valence-corrected chi connectivity index (χ3v) is 9.04. The van der Waals surface area contributed by atoms with E-state index in [1.807, 2.05) is 7.11 Å². The van der Waals surface area contributed by atoms with Crippen LogP contribution >= 0.6 is 0 Å². The maximum Gasteiger partial charge on any atom is 0.0518 e. The Balaban J connectivity index is 1.48. The molecule has 0 aromatic heterocycles. The van der Waals surface area contributed by atoms with Gasteiger partial charge in [0.15, 0.2) is 0 Å². The van der Waals surface area contributed by atoms with Crippen LogP contribution in [0.5, 0.6) is 0 Å². The third kappa shape index (κ3) is 3.94. The van der Waals surface area contributed by atoms with Crippen molar-refractivity contribution in [3.05, 3.63) is 119 Å². The van der Waals surface area contributed by atoms with Crippen LogP contribution in [-0.2, 0) is 20.3 Å². The summed E-state index contributed by atoms with van der Waals surface area (Å²) in [5.41, 5.74) is 11.2. The standard InChI is InChI=1S/C36H38O2/c1-26(2)38-25-23-36(33-18-10-6-14-29(33)30-15-7-11-19-34(30)36)21-20-35(22-24-37-3)31-16-8-4-12-27(31)28-13-5-9-17-32(28)35/h4-19,26H,20-25H2,1-3H3. The first-order chi connectivity index (χ1) is 18.6. The van der Waals surface area contributed by atoms with Crippen molar-refractivity contribution < 1.29 is 9.47 Å². The van der Waals surface area contributed by atoms with Crippen LogP contribution in [0.3, 0.4) is 0 Å².